The monoisotopic (exact) mass is 598 g/mol. The summed E-state index contributed by atoms with van der Waals surface area (Å²) in [4.78, 5) is 26.3. The molecule has 2 aromatic carbocycles. The molecule has 0 aliphatic carbocycles. The summed E-state index contributed by atoms with van der Waals surface area (Å²) in [6.45, 7) is 7.63. The van der Waals surface area contributed by atoms with Gasteiger partial charge in [-0.15, -0.1) is 0 Å². The van der Waals surface area contributed by atoms with Crippen LogP contribution in [-0.2, 0) is 21.8 Å². The second-order valence-corrected chi connectivity index (χ2v) is 16.1. The van der Waals surface area contributed by atoms with Crippen molar-refractivity contribution in [3.8, 4) is 0 Å². The van der Waals surface area contributed by atoms with Crippen molar-refractivity contribution < 1.29 is 36.7 Å². The molecule has 0 saturated heterocycles. The van der Waals surface area contributed by atoms with Gasteiger partial charge < -0.3 is 0 Å². The number of carbonyl (C=O) groups is 2. The normalized spacial score (nSPS) is 11.6. The van der Waals surface area contributed by atoms with Gasteiger partial charge in [0.15, 0.2) is 0 Å². The Bertz CT molecular complexity index is 776. The molecule has 2 rings (SSSR count). The molecule has 4 nitrogen and oxygen atoms in total. The van der Waals surface area contributed by atoms with Crippen LogP contribution in [0.15, 0.2) is 60.7 Å². The Morgan fingerprint density at radius 2 is 1.03 bits per heavy atom. The second kappa shape index (κ2) is 11.7. The van der Waals surface area contributed by atoms with Gasteiger partial charge in [0.25, 0.3) is 0 Å². The number of hydrogen-bond donors (Lipinski definition) is 0. The number of hydrogen-bond acceptors (Lipinski definition) is 2. The summed E-state index contributed by atoms with van der Waals surface area (Å²) in [6, 6.07) is 16.3. The molecule has 168 valence electrons. The van der Waals surface area contributed by atoms with Crippen LogP contribution in [-0.4, -0.2) is 30.7 Å². The summed E-state index contributed by atoms with van der Waals surface area (Å²) < 4.78 is 33.9. The van der Waals surface area contributed by atoms with Crippen LogP contribution in [0.1, 0.15) is 61.3 Å². The van der Waals surface area contributed by atoms with Crippen molar-refractivity contribution in [3.63, 3.8) is 0 Å². The van der Waals surface area contributed by atoms with E-state index in [2.05, 4.69) is 0 Å². The number of benzene rings is 2. The van der Waals surface area contributed by atoms with Crippen LogP contribution in [0, 0.1) is 11.8 Å². The molecule has 0 atom stereocenters. The fourth-order valence-corrected chi connectivity index (χ4v) is 9.70. The molecule has 0 aliphatic rings. The zero-order valence-electron chi connectivity index (χ0n) is 18.7. The fourth-order valence-electron chi connectivity index (χ4n) is 3.11. The van der Waals surface area contributed by atoms with Crippen LogP contribution in [0.2, 0.25) is 0 Å². The molecule has 0 heterocycles. The van der Waals surface area contributed by atoms with E-state index in [4.69, 9.17) is 0 Å². The van der Waals surface area contributed by atoms with Gasteiger partial charge in [0.1, 0.15) is 0 Å². The molecule has 7 heteroatoms. The molecule has 2 amide bonds. The van der Waals surface area contributed by atoms with Gasteiger partial charge in [-0.1, -0.05) is 0 Å². The van der Waals surface area contributed by atoms with Crippen molar-refractivity contribution in [2.24, 2.45) is 11.8 Å². The van der Waals surface area contributed by atoms with Crippen LogP contribution >= 0.6 is 0 Å². The van der Waals surface area contributed by atoms with Gasteiger partial charge in [-0.05, 0) is 0 Å². The first-order chi connectivity index (χ1) is 14.6. The predicted octanol–water partition coefficient (Wildman–Crippen LogP) is 6.12. The van der Waals surface area contributed by atoms with Gasteiger partial charge in [0, 0.05) is 0 Å². The molecular weight excluding hydrogens is 565 g/mol. The van der Waals surface area contributed by atoms with Crippen LogP contribution in [0.5, 0.6) is 0 Å². The number of carbonyl (C=O) groups excluding carboxylic acids is 2. The molecule has 2 aromatic rings. The molecule has 0 fully saturated rings. The average Bonchev–Trinajstić information content (AvgIpc) is 2.74. The minimum atomic E-state index is -6.73. The van der Waals surface area contributed by atoms with Gasteiger partial charge in [0.2, 0.25) is 0 Å². The number of halogens is 2. The van der Waals surface area contributed by atoms with Gasteiger partial charge in [0.05, 0.1) is 0 Å². The van der Waals surface area contributed by atoms with E-state index in [0.717, 1.165) is 5.78 Å². The average molecular weight is 597 g/mol. The van der Waals surface area contributed by atoms with E-state index in [0.29, 0.717) is 12.8 Å². The minimum absolute atomic E-state index is 0.0554. The maximum absolute atomic E-state index is 16.2. The third-order valence-corrected chi connectivity index (χ3v) is 12.8. The fraction of sp³-hybridized carbons (Fsp3) is 0.417. The molecule has 0 bridgehead atoms. The Morgan fingerprint density at radius 1 is 0.710 bits per heavy atom. The Kier molecular flexibility index (Phi) is 9.54. The molecular formula is C24H32F2HfN2O2. The van der Waals surface area contributed by atoms with E-state index < -0.39 is 33.6 Å². The standard InChI is InChI=1S/2C12H17NO.2FH.Hf/c2*1-10(2)8-9-13-12(14)11-6-4-3-5-7-11;;;/h2*3-7,10H,8-9H2,1-2H3,(H,13,14);2*1H;/q;;;;+4/p-4. The molecule has 0 aliphatic heterocycles. The van der Waals surface area contributed by atoms with Crippen molar-refractivity contribution in [1.82, 2.24) is 5.78 Å². The first-order valence-electron chi connectivity index (χ1n) is 10.8. The quantitative estimate of drug-likeness (QED) is 0.310. The zero-order chi connectivity index (χ0) is 23.0. The Labute approximate surface area is 191 Å². The van der Waals surface area contributed by atoms with E-state index >= 15 is 5.33 Å². The van der Waals surface area contributed by atoms with Crippen LogP contribution < -0.4 is 0 Å². The van der Waals surface area contributed by atoms with E-state index in [1.165, 1.54) is 0 Å². The molecule has 0 N–H and O–H groups in total. The Morgan fingerprint density at radius 3 is 1.32 bits per heavy atom. The number of nitrogens with zero attached hydrogens (tertiary/aromatic N) is 2. The summed E-state index contributed by atoms with van der Waals surface area (Å²) in [5.41, 5.74) is 0.448. The van der Waals surface area contributed by atoms with Crippen LogP contribution in [0.4, 0.5) is 5.33 Å². The van der Waals surface area contributed by atoms with Crippen molar-refractivity contribution in [2.75, 3.05) is 13.1 Å². The third-order valence-electron chi connectivity index (χ3n) is 5.04. The first kappa shape index (κ1) is 25.4. The van der Waals surface area contributed by atoms with Crippen molar-refractivity contribution in [2.45, 2.75) is 40.5 Å². The maximum atomic E-state index is 16.2. The van der Waals surface area contributed by atoms with Gasteiger partial charge in [-0.2, -0.15) is 0 Å². The second-order valence-electron chi connectivity index (χ2n) is 8.52. The van der Waals surface area contributed by atoms with Gasteiger partial charge in [-0.3, -0.25) is 0 Å². The van der Waals surface area contributed by atoms with E-state index in [1.807, 2.05) is 27.7 Å². The van der Waals surface area contributed by atoms with E-state index in [-0.39, 0.29) is 36.1 Å². The predicted molar refractivity (Wildman–Crippen MR) is 116 cm³/mol. The SMILES string of the molecule is CC(C)CC[N](C(=O)c1ccccc1)[Hf]([F])([F])[N](CCC(C)C)C(=O)c1ccccc1. The molecule has 0 unspecified atom stereocenters. The van der Waals surface area contributed by atoms with E-state index in [1.54, 1.807) is 60.7 Å². The van der Waals surface area contributed by atoms with Crippen molar-refractivity contribution in [1.29, 1.82) is 0 Å². The van der Waals surface area contributed by atoms with Crippen LogP contribution in [0.25, 0.3) is 0 Å². The molecule has 0 aromatic heterocycles. The summed E-state index contributed by atoms with van der Waals surface area (Å²) in [5.74, 6) is -1.07. The van der Waals surface area contributed by atoms with Gasteiger partial charge >= 0.3 is 192 Å². The van der Waals surface area contributed by atoms with Crippen LogP contribution in [0.3, 0.4) is 0 Å². The Balaban J connectivity index is 2.46. The zero-order valence-corrected chi connectivity index (χ0v) is 22.3. The summed E-state index contributed by atoms with van der Waals surface area (Å²) in [5, 5.41) is 0. The molecule has 0 saturated carbocycles. The summed E-state index contributed by atoms with van der Waals surface area (Å²) in [6.07, 6.45) is 0.900. The molecule has 31 heavy (non-hydrogen) atoms. The molecule has 0 radical (unpaired) electrons. The Hall–Kier alpha value is -1.89. The van der Waals surface area contributed by atoms with Gasteiger partial charge in [-0.25, -0.2) is 0 Å². The number of rotatable bonds is 10. The summed E-state index contributed by atoms with van der Waals surface area (Å²) in [7, 11) is 0. The topological polar surface area (TPSA) is 40.6 Å². The van der Waals surface area contributed by atoms with E-state index in [9.17, 15) is 9.59 Å². The third kappa shape index (κ3) is 7.06. The van der Waals surface area contributed by atoms with Crippen molar-refractivity contribution >= 4 is 11.8 Å². The number of amides is 2. The van der Waals surface area contributed by atoms with Crippen molar-refractivity contribution in [3.05, 3.63) is 71.8 Å². The first-order valence-corrected chi connectivity index (χ1v) is 16.7. The summed E-state index contributed by atoms with van der Waals surface area (Å²) >= 11 is -6.73. The molecule has 0 spiro atoms.